The molecule has 1 N–H and O–H groups in total. The highest BCUT2D eigenvalue weighted by Gasteiger charge is 2.24. The third kappa shape index (κ3) is 3.74. The fourth-order valence-corrected chi connectivity index (χ4v) is 2.77. The van der Waals surface area contributed by atoms with Gasteiger partial charge in [0.2, 0.25) is 0 Å². The normalized spacial score (nSPS) is 15.1. The summed E-state index contributed by atoms with van der Waals surface area (Å²) in [7, 11) is 0. The van der Waals surface area contributed by atoms with Crippen LogP contribution in [0.25, 0.3) is 11.1 Å². The van der Waals surface area contributed by atoms with E-state index in [9.17, 15) is 0 Å². The van der Waals surface area contributed by atoms with E-state index in [0.29, 0.717) is 0 Å². The van der Waals surface area contributed by atoms with Crippen molar-refractivity contribution in [3.63, 3.8) is 0 Å². The number of hydrogen-bond acceptors (Lipinski definition) is 1. The summed E-state index contributed by atoms with van der Waals surface area (Å²) in [5.41, 5.74) is 4.25. The fourth-order valence-electron chi connectivity index (χ4n) is 2.77. The quantitative estimate of drug-likeness (QED) is 0.803. The molecule has 0 unspecified atom stereocenters. The van der Waals surface area contributed by atoms with E-state index >= 15 is 0 Å². The monoisotopic (exact) mass is 279 g/mol. The molecule has 3 rings (SSSR count). The Balaban J connectivity index is 1.67. The maximum Gasteiger partial charge on any atom is 0.00682 e. The Bertz CT molecular complexity index is 565. The second-order valence-corrected chi connectivity index (χ2v) is 6.81. The molecule has 0 aliphatic heterocycles. The van der Waals surface area contributed by atoms with Crippen molar-refractivity contribution < 1.29 is 0 Å². The van der Waals surface area contributed by atoms with Gasteiger partial charge in [-0.2, -0.15) is 0 Å². The Morgan fingerprint density at radius 3 is 2.14 bits per heavy atom. The summed E-state index contributed by atoms with van der Waals surface area (Å²) in [6.45, 7) is 5.82. The molecule has 1 saturated carbocycles. The van der Waals surface area contributed by atoms with Gasteiger partial charge in [0.1, 0.15) is 0 Å². The van der Waals surface area contributed by atoms with E-state index in [4.69, 9.17) is 0 Å². The van der Waals surface area contributed by atoms with Gasteiger partial charge in [-0.25, -0.2) is 0 Å². The second-order valence-electron chi connectivity index (χ2n) is 6.81. The van der Waals surface area contributed by atoms with E-state index < -0.39 is 0 Å². The summed E-state index contributed by atoms with van der Waals surface area (Å²) >= 11 is 0. The molecule has 2 aromatic carbocycles. The van der Waals surface area contributed by atoms with Gasteiger partial charge in [0.05, 0.1) is 0 Å². The van der Waals surface area contributed by atoms with Crippen LogP contribution in [0.4, 0.5) is 0 Å². The molecule has 1 aliphatic rings. The molecule has 110 valence electrons. The standard InChI is InChI=1S/C20H25N/c1-20(2,14-15-21-19-12-13-19)18-10-8-17(9-11-18)16-6-4-3-5-7-16/h3-11,19,21H,12-15H2,1-2H3. The van der Waals surface area contributed by atoms with Gasteiger partial charge in [-0.15, -0.1) is 0 Å². The van der Waals surface area contributed by atoms with E-state index in [0.717, 1.165) is 12.6 Å². The van der Waals surface area contributed by atoms with Crippen molar-refractivity contribution in [3.05, 3.63) is 60.2 Å². The summed E-state index contributed by atoms with van der Waals surface area (Å²) in [5, 5.41) is 3.62. The SMILES string of the molecule is CC(C)(CCNC1CC1)c1ccc(-c2ccccc2)cc1. The lowest BCUT2D eigenvalue weighted by Crippen LogP contribution is -2.26. The Labute approximate surface area is 128 Å². The summed E-state index contributed by atoms with van der Waals surface area (Å²) in [6.07, 6.45) is 3.92. The Kier molecular flexibility index (Phi) is 4.12. The smallest absolute Gasteiger partial charge is 0.00682 e. The first kappa shape index (κ1) is 14.3. The summed E-state index contributed by atoms with van der Waals surface area (Å²) in [5.74, 6) is 0. The minimum Gasteiger partial charge on any atom is -0.314 e. The lowest BCUT2D eigenvalue weighted by molar-refractivity contribution is 0.456. The van der Waals surface area contributed by atoms with Gasteiger partial charge in [0, 0.05) is 6.04 Å². The number of benzene rings is 2. The molecule has 1 aliphatic carbocycles. The molecule has 0 atom stereocenters. The van der Waals surface area contributed by atoms with Gasteiger partial charge in [-0.1, -0.05) is 68.4 Å². The van der Waals surface area contributed by atoms with Crippen LogP contribution in [0.15, 0.2) is 54.6 Å². The van der Waals surface area contributed by atoms with E-state index in [1.165, 1.54) is 36.0 Å². The van der Waals surface area contributed by atoms with Gasteiger partial charge in [0.25, 0.3) is 0 Å². The van der Waals surface area contributed by atoms with Gasteiger partial charge >= 0.3 is 0 Å². The maximum absolute atomic E-state index is 3.62. The van der Waals surface area contributed by atoms with E-state index in [1.54, 1.807) is 0 Å². The zero-order chi connectivity index (χ0) is 14.7. The summed E-state index contributed by atoms with van der Waals surface area (Å²) in [4.78, 5) is 0. The maximum atomic E-state index is 3.62. The molecule has 1 nitrogen and oxygen atoms in total. The Morgan fingerprint density at radius 1 is 0.905 bits per heavy atom. The van der Waals surface area contributed by atoms with Crippen molar-refractivity contribution in [2.45, 2.75) is 44.6 Å². The molecule has 0 radical (unpaired) electrons. The first-order valence-electron chi connectivity index (χ1n) is 8.04. The van der Waals surface area contributed by atoms with E-state index in [-0.39, 0.29) is 5.41 Å². The van der Waals surface area contributed by atoms with Gasteiger partial charge in [0.15, 0.2) is 0 Å². The van der Waals surface area contributed by atoms with Crippen LogP contribution < -0.4 is 5.32 Å². The van der Waals surface area contributed by atoms with Crippen LogP contribution in [0.5, 0.6) is 0 Å². The Morgan fingerprint density at radius 2 is 1.52 bits per heavy atom. The highest BCUT2D eigenvalue weighted by molar-refractivity contribution is 5.63. The lowest BCUT2D eigenvalue weighted by Gasteiger charge is -2.26. The first-order chi connectivity index (χ1) is 10.1. The van der Waals surface area contributed by atoms with Gasteiger partial charge < -0.3 is 5.32 Å². The molecule has 0 amide bonds. The Hall–Kier alpha value is -1.60. The predicted octanol–water partition coefficient (Wildman–Crippen LogP) is 4.77. The predicted molar refractivity (Wildman–Crippen MR) is 90.5 cm³/mol. The van der Waals surface area contributed by atoms with E-state index in [1.807, 2.05) is 0 Å². The van der Waals surface area contributed by atoms with Crippen molar-refractivity contribution >= 4 is 0 Å². The van der Waals surface area contributed by atoms with Gasteiger partial charge in [-0.3, -0.25) is 0 Å². The first-order valence-corrected chi connectivity index (χ1v) is 8.04. The van der Waals surface area contributed by atoms with Crippen LogP contribution in [0.1, 0.15) is 38.7 Å². The van der Waals surface area contributed by atoms with Crippen molar-refractivity contribution in [3.8, 4) is 11.1 Å². The zero-order valence-corrected chi connectivity index (χ0v) is 13.1. The number of hydrogen-bond donors (Lipinski definition) is 1. The highest BCUT2D eigenvalue weighted by atomic mass is 14.9. The van der Waals surface area contributed by atoms with Crippen molar-refractivity contribution in [2.75, 3.05) is 6.54 Å². The fraction of sp³-hybridized carbons (Fsp3) is 0.400. The molecule has 0 heterocycles. The minimum atomic E-state index is 0.233. The van der Waals surface area contributed by atoms with E-state index in [2.05, 4.69) is 73.8 Å². The van der Waals surface area contributed by atoms with Crippen molar-refractivity contribution in [1.82, 2.24) is 5.32 Å². The van der Waals surface area contributed by atoms with Crippen LogP contribution >= 0.6 is 0 Å². The van der Waals surface area contributed by atoms with Crippen LogP contribution in [-0.2, 0) is 5.41 Å². The average molecular weight is 279 g/mol. The minimum absolute atomic E-state index is 0.233. The highest BCUT2D eigenvalue weighted by Crippen LogP contribution is 2.29. The van der Waals surface area contributed by atoms with Crippen LogP contribution in [-0.4, -0.2) is 12.6 Å². The largest absolute Gasteiger partial charge is 0.314 e. The van der Waals surface area contributed by atoms with Crippen molar-refractivity contribution in [1.29, 1.82) is 0 Å². The molecule has 2 aromatic rings. The second kappa shape index (κ2) is 6.03. The molecule has 1 heteroatoms. The summed E-state index contributed by atoms with van der Waals surface area (Å²) in [6, 6.07) is 20.5. The molecule has 0 bridgehead atoms. The van der Waals surface area contributed by atoms with Crippen LogP contribution in [0.2, 0.25) is 0 Å². The van der Waals surface area contributed by atoms with Crippen LogP contribution in [0, 0.1) is 0 Å². The van der Waals surface area contributed by atoms with Gasteiger partial charge in [-0.05, 0) is 47.9 Å². The number of rotatable bonds is 6. The molecule has 0 saturated heterocycles. The van der Waals surface area contributed by atoms with Crippen molar-refractivity contribution in [2.24, 2.45) is 0 Å². The lowest BCUT2D eigenvalue weighted by atomic mass is 9.81. The third-order valence-corrected chi connectivity index (χ3v) is 4.53. The van der Waals surface area contributed by atoms with Crippen LogP contribution in [0.3, 0.4) is 0 Å². The molecular formula is C20H25N. The molecular weight excluding hydrogens is 254 g/mol. The number of nitrogens with one attached hydrogen (secondary N) is 1. The zero-order valence-electron chi connectivity index (χ0n) is 13.1. The third-order valence-electron chi connectivity index (χ3n) is 4.53. The molecule has 1 fully saturated rings. The summed E-state index contributed by atoms with van der Waals surface area (Å²) < 4.78 is 0. The topological polar surface area (TPSA) is 12.0 Å². The molecule has 21 heavy (non-hydrogen) atoms. The molecule has 0 spiro atoms. The average Bonchev–Trinajstić information content (AvgIpc) is 3.32. The molecule has 0 aromatic heterocycles.